The highest BCUT2D eigenvalue weighted by Crippen LogP contribution is 2.28. The molecule has 5 heteroatoms. The number of anilines is 1. The van der Waals surface area contributed by atoms with E-state index in [2.05, 4.69) is 16.4 Å². The molecule has 96 valence electrons. The lowest BCUT2D eigenvalue weighted by atomic mass is 10.2. The molecule has 1 heterocycles. The molecular weight excluding hydrogens is 270 g/mol. The Kier molecular flexibility index (Phi) is 3.15. The number of amides is 1. The van der Waals surface area contributed by atoms with Gasteiger partial charge in [-0.2, -0.15) is 5.26 Å². The molecule has 1 amide bonds. The Labute approximate surface area is 119 Å². The van der Waals surface area contributed by atoms with Crippen LogP contribution in [-0.4, -0.2) is 10.9 Å². The summed E-state index contributed by atoms with van der Waals surface area (Å²) in [4.78, 5) is 16.3. The van der Waals surface area contributed by atoms with Crippen LogP contribution in [0.3, 0.4) is 0 Å². The Morgan fingerprint density at radius 3 is 2.70 bits per heavy atom. The number of fused-ring (bicyclic) bond motifs is 1. The van der Waals surface area contributed by atoms with Crippen LogP contribution in [0.4, 0.5) is 5.13 Å². The Balaban J connectivity index is 1.93. The number of nitriles is 1. The van der Waals surface area contributed by atoms with Crippen molar-refractivity contribution in [2.45, 2.75) is 0 Å². The summed E-state index contributed by atoms with van der Waals surface area (Å²) in [6.45, 7) is 0. The molecule has 0 radical (unpaired) electrons. The second-order valence-corrected chi connectivity index (χ2v) is 5.13. The van der Waals surface area contributed by atoms with E-state index in [0.717, 1.165) is 4.70 Å². The minimum Gasteiger partial charge on any atom is -0.298 e. The summed E-state index contributed by atoms with van der Waals surface area (Å²) in [5.74, 6) is -0.205. The van der Waals surface area contributed by atoms with E-state index in [4.69, 9.17) is 5.26 Å². The maximum absolute atomic E-state index is 12.0. The number of nitrogens with zero attached hydrogens (tertiary/aromatic N) is 2. The molecule has 3 rings (SSSR count). The van der Waals surface area contributed by atoms with Crippen molar-refractivity contribution in [2.24, 2.45) is 0 Å². The lowest BCUT2D eigenvalue weighted by Gasteiger charge is -2.00. The van der Waals surface area contributed by atoms with E-state index >= 15 is 0 Å². The number of carbonyl (C=O) groups is 1. The van der Waals surface area contributed by atoms with Crippen molar-refractivity contribution in [2.75, 3.05) is 5.32 Å². The van der Waals surface area contributed by atoms with Crippen LogP contribution in [-0.2, 0) is 0 Å². The summed E-state index contributed by atoms with van der Waals surface area (Å²) in [6, 6.07) is 16.4. The van der Waals surface area contributed by atoms with Crippen LogP contribution < -0.4 is 5.32 Å². The van der Waals surface area contributed by atoms with Gasteiger partial charge in [0.1, 0.15) is 11.6 Å². The molecule has 0 unspecified atom stereocenters. The Bertz CT molecular complexity index is 818. The fourth-order valence-corrected chi connectivity index (χ4v) is 2.74. The van der Waals surface area contributed by atoms with Crippen LogP contribution in [0.15, 0.2) is 48.5 Å². The van der Waals surface area contributed by atoms with Crippen molar-refractivity contribution in [1.82, 2.24) is 4.98 Å². The molecule has 0 aliphatic heterocycles. The van der Waals surface area contributed by atoms with Gasteiger partial charge in [-0.05, 0) is 24.3 Å². The highest BCUT2D eigenvalue weighted by Gasteiger charge is 2.11. The fourth-order valence-electron chi connectivity index (χ4n) is 1.85. The van der Waals surface area contributed by atoms with E-state index < -0.39 is 0 Å². The third-order valence-electron chi connectivity index (χ3n) is 2.80. The lowest BCUT2D eigenvalue weighted by Crippen LogP contribution is -2.11. The average Bonchev–Trinajstić information content (AvgIpc) is 2.90. The molecule has 0 saturated carbocycles. The normalized spacial score (nSPS) is 10.2. The standard InChI is InChI=1S/C15H9N3OS/c16-9-11-7-4-8-12-13(11)17-15(20-12)18-14(19)10-5-2-1-3-6-10/h1-8H,(H,17,18,19). The maximum Gasteiger partial charge on any atom is 0.257 e. The van der Waals surface area contributed by atoms with Crippen LogP contribution >= 0.6 is 11.3 Å². The van der Waals surface area contributed by atoms with E-state index in [9.17, 15) is 4.79 Å². The van der Waals surface area contributed by atoms with Crippen molar-refractivity contribution in [3.63, 3.8) is 0 Å². The number of para-hydroxylation sites is 1. The molecule has 20 heavy (non-hydrogen) atoms. The number of benzene rings is 2. The molecule has 0 fully saturated rings. The summed E-state index contributed by atoms with van der Waals surface area (Å²) in [7, 11) is 0. The van der Waals surface area contributed by atoms with Crippen molar-refractivity contribution in [3.8, 4) is 6.07 Å². The number of hydrogen-bond donors (Lipinski definition) is 1. The third-order valence-corrected chi connectivity index (χ3v) is 3.73. The first-order valence-electron chi connectivity index (χ1n) is 5.94. The monoisotopic (exact) mass is 279 g/mol. The van der Waals surface area contributed by atoms with Gasteiger partial charge in [-0.1, -0.05) is 35.6 Å². The third kappa shape index (κ3) is 2.25. The SMILES string of the molecule is N#Cc1cccc2sc(NC(=O)c3ccccc3)nc12. The van der Waals surface area contributed by atoms with Crippen LogP contribution in [0.2, 0.25) is 0 Å². The van der Waals surface area contributed by atoms with Gasteiger partial charge >= 0.3 is 0 Å². The average molecular weight is 279 g/mol. The smallest absolute Gasteiger partial charge is 0.257 e. The summed E-state index contributed by atoms with van der Waals surface area (Å²) in [5, 5.41) is 12.3. The van der Waals surface area contributed by atoms with Gasteiger partial charge in [0.2, 0.25) is 0 Å². The van der Waals surface area contributed by atoms with Crippen LogP contribution in [0.5, 0.6) is 0 Å². The largest absolute Gasteiger partial charge is 0.298 e. The van der Waals surface area contributed by atoms with Gasteiger partial charge in [-0.15, -0.1) is 0 Å². The number of carbonyl (C=O) groups excluding carboxylic acids is 1. The Morgan fingerprint density at radius 1 is 1.15 bits per heavy atom. The van der Waals surface area contributed by atoms with Crippen molar-refractivity contribution >= 4 is 32.6 Å². The van der Waals surface area contributed by atoms with Crippen molar-refractivity contribution in [1.29, 1.82) is 5.26 Å². The van der Waals surface area contributed by atoms with Gasteiger partial charge in [0.25, 0.3) is 5.91 Å². The van der Waals surface area contributed by atoms with Crippen LogP contribution in [0.1, 0.15) is 15.9 Å². The van der Waals surface area contributed by atoms with Gasteiger partial charge in [0, 0.05) is 5.56 Å². The first kappa shape index (κ1) is 12.3. The van der Waals surface area contributed by atoms with Gasteiger partial charge < -0.3 is 0 Å². The molecular formula is C15H9N3OS. The zero-order valence-electron chi connectivity index (χ0n) is 10.3. The molecule has 0 aliphatic rings. The lowest BCUT2D eigenvalue weighted by molar-refractivity contribution is 0.102. The molecule has 1 N–H and O–H groups in total. The van der Waals surface area contributed by atoms with Crippen molar-refractivity contribution < 1.29 is 4.79 Å². The molecule has 0 saturated heterocycles. The molecule has 0 bridgehead atoms. The zero-order chi connectivity index (χ0) is 13.9. The van der Waals surface area contributed by atoms with E-state index in [1.54, 1.807) is 30.3 Å². The highest BCUT2D eigenvalue weighted by molar-refractivity contribution is 7.22. The Morgan fingerprint density at radius 2 is 1.95 bits per heavy atom. The molecule has 2 aromatic carbocycles. The predicted octanol–water partition coefficient (Wildman–Crippen LogP) is 3.42. The number of hydrogen-bond acceptors (Lipinski definition) is 4. The zero-order valence-corrected chi connectivity index (χ0v) is 11.1. The molecule has 0 atom stereocenters. The summed E-state index contributed by atoms with van der Waals surface area (Å²) in [5.41, 5.74) is 1.72. The van der Waals surface area contributed by atoms with E-state index in [0.29, 0.717) is 21.8 Å². The minimum atomic E-state index is -0.205. The van der Waals surface area contributed by atoms with Crippen molar-refractivity contribution in [3.05, 3.63) is 59.7 Å². The molecule has 0 spiro atoms. The van der Waals surface area contributed by atoms with Crippen LogP contribution in [0.25, 0.3) is 10.2 Å². The molecule has 1 aromatic heterocycles. The molecule has 4 nitrogen and oxygen atoms in total. The maximum atomic E-state index is 12.0. The van der Waals surface area contributed by atoms with Gasteiger partial charge in [-0.25, -0.2) is 4.98 Å². The van der Waals surface area contributed by atoms with E-state index in [-0.39, 0.29) is 5.91 Å². The minimum absolute atomic E-state index is 0.205. The second-order valence-electron chi connectivity index (χ2n) is 4.10. The van der Waals surface area contributed by atoms with Gasteiger partial charge in [-0.3, -0.25) is 10.1 Å². The van der Waals surface area contributed by atoms with E-state index in [1.165, 1.54) is 11.3 Å². The second kappa shape index (κ2) is 5.11. The Hall–Kier alpha value is -2.71. The summed E-state index contributed by atoms with van der Waals surface area (Å²) < 4.78 is 0.882. The summed E-state index contributed by atoms with van der Waals surface area (Å²) >= 11 is 1.36. The quantitative estimate of drug-likeness (QED) is 0.781. The first-order valence-corrected chi connectivity index (χ1v) is 6.75. The number of thiazole rings is 1. The number of aromatic nitrogens is 1. The van der Waals surface area contributed by atoms with E-state index in [1.807, 2.05) is 18.2 Å². The van der Waals surface area contributed by atoms with Crippen LogP contribution in [0, 0.1) is 11.3 Å². The topological polar surface area (TPSA) is 65.8 Å². The summed E-state index contributed by atoms with van der Waals surface area (Å²) in [6.07, 6.45) is 0. The number of nitrogens with one attached hydrogen (secondary N) is 1. The fraction of sp³-hybridized carbons (Fsp3) is 0. The van der Waals surface area contributed by atoms with Gasteiger partial charge in [0.15, 0.2) is 5.13 Å². The first-order chi connectivity index (χ1) is 9.78. The molecule has 0 aliphatic carbocycles. The molecule has 3 aromatic rings. The predicted molar refractivity (Wildman–Crippen MR) is 78.7 cm³/mol. The highest BCUT2D eigenvalue weighted by atomic mass is 32.1. The van der Waals surface area contributed by atoms with Gasteiger partial charge in [0.05, 0.1) is 10.3 Å². The number of rotatable bonds is 2.